The number of ether oxygens (including phenoxy) is 2. The van der Waals surface area contributed by atoms with E-state index >= 15 is 0 Å². The van der Waals surface area contributed by atoms with Crippen LogP contribution in [0.5, 0.6) is 17.2 Å². The molecule has 0 radical (unpaired) electrons. The molecule has 0 saturated carbocycles. The number of hydrogen-bond donors (Lipinski definition) is 1. The zero-order valence-corrected chi connectivity index (χ0v) is 18.9. The highest BCUT2D eigenvalue weighted by Crippen LogP contribution is 2.39. The monoisotopic (exact) mass is 441 g/mol. The number of amides is 1. The molecule has 1 N–H and O–H groups in total. The molecule has 5 rings (SSSR count). The van der Waals surface area contributed by atoms with Crippen LogP contribution >= 0.6 is 0 Å². The molecular weight excluding hydrogens is 414 g/mol. The van der Waals surface area contributed by atoms with Gasteiger partial charge in [-0.05, 0) is 67.3 Å². The molecule has 6 heteroatoms. The Morgan fingerprint density at radius 1 is 1.03 bits per heavy atom. The van der Waals surface area contributed by atoms with E-state index in [-0.39, 0.29) is 5.91 Å². The van der Waals surface area contributed by atoms with E-state index < -0.39 is 0 Å². The number of rotatable bonds is 3. The van der Waals surface area contributed by atoms with Gasteiger partial charge in [-0.3, -0.25) is 4.79 Å². The fourth-order valence-corrected chi connectivity index (χ4v) is 4.23. The van der Waals surface area contributed by atoms with Gasteiger partial charge in [-0.25, -0.2) is 4.99 Å². The van der Waals surface area contributed by atoms with Crippen molar-refractivity contribution < 1.29 is 14.3 Å². The summed E-state index contributed by atoms with van der Waals surface area (Å²) >= 11 is 0. The van der Waals surface area contributed by atoms with Crippen LogP contribution in [0, 0.1) is 5.92 Å². The third-order valence-corrected chi connectivity index (χ3v) is 6.20. The molecule has 3 aromatic carbocycles. The second-order valence-corrected chi connectivity index (χ2v) is 8.57. The van der Waals surface area contributed by atoms with Crippen molar-refractivity contribution in [1.29, 1.82) is 0 Å². The number of methoxy groups -OCH3 is 1. The van der Waals surface area contributed by atoms with Crippen molar-refractivity contribution in [1.82, 2.24) is 4.90 Å². The van der Waals surface area contributed by atoms with Crippen molar-refractivity contribution in [2.75, 3.05) is 25.5 Å². The first-order chi connectivity index (χ1) is 16.1. The van der Waals surface area contributed by atoms with Crippen molar-refractivity contribution in [3.8, 4) is 17.2 Å². The van der Waals surface area contributed by atoms with Crippen molar-refractivity contribution in [2.45, 2.75) is 19.8 Å². The van der Waals surface area contributed by atoms with Gasteiger partial charge in [-0.2, -0.15) is 0 Å². The van der Waals surface area contributed by atoms with E-state index in [9.17, 15) is 4.79 Å². The van der Waals surface area contributed by atoms with Gasteiger partial charge in [0.2, 0.25) is 0 Å². The number of carbonyl (C=O) groups excluding carboxylic acids is 1. The van der Waals surface area contributed by atoms with Crippen LogP contribution in [0.25, 0.3) is 0 Å². The molecule has 1 saturated heterocycles. The Morgan fingerprint density at radius 3 is 2.67 bits per heavy atom. The van der Waals surface area contributed by atoms with Crippen LogP contribution < -0.4 is 14.8 Å². The Labute approximate surface area is 193 Å². The molecule has 3 aromatic rings. The maximum absolute atomic E-state index is 12.9. The zero-order chi connectivity index (χ0) is 22.8. The molecule has 0 aromatic heterocycles. The number of piperidine rings is 1. The quantitative estimate of drug-likeness (QED) is 0.553. The molecule has 0 aliphatic carbocycles. The van der Waals surface area contributed by atoms with Crippen molar-refractivity contribution >= 4 is 23.1 Å². The van der Waals surface area contributed by atoms with E-state index in [4.69, 9.17) is 14.5 Å². The van der Waals surface area contributed by atoms with Gasteiger partial charge in [-0.15, -0.1) is 0 Å². The Balaban J connectivity index is 1.50. The standard InChI is InChI=1S/C27H27N3O3/c1-18-12-14-30(15-13-18)26-22-17-20(28-27(31)19-6-5-7-21(16-19)32-2)10-11-24(22)33-25-9-4-3-8-23(25)29-26/h3-11,16-18H,12-15H2,1-2H3,(H,28,31). The Morgan fingerprint density at radius 2 is 1.85 bits per heavy atom. The van der Waals surface area contributed by atoms with Gasteiger partial charge in [0.05, 0.1) is 12.7 Å². The van der Waals surface area contributed by atoms with Gasteiger partial charge in [-0.1, -0.05) is 25.1 Å². The number of likely N-dealkylation sites (tertiary alicyclic amines) is 1. The number of anilines is 1. The minimum Gasteiger partial charge on any atom is -0.497 e. The van der Waals surface area contributed by atoms with Gasteiger partial charge in [0.25, 0.3) is 5.91 Å². The third kappa shape index (κ3) is 4.42. The van der Waals surface area contributed by atoms with Gasteiger partial charge in [0, 0.05) is 24.3 Å². The predicted molar refractivity (Wildman–Crippen MR) is 130 cm³/mol. The average molecular weight is 442 g/mol. The van der Waals surface area contributed by atoms with E-state index in [0.717, 1.165) is 54.5 Å². The summed E-state index contributed by atoms with van der Waals surface area (Å²) in [6, 6.07) is 20.7. The summed E-state index contributed by atoms with van der Waals surface area (Å²) in [6.45, 7) is 4.19. The molecule has 6 nitrogen and oxygen atoms in total. The number of fused-ring (bicyclic) bond motifs is 2. The SMILES string of the molecule is COc1cccc(C(=O)Nc2ccc3c(c2)C(N2CCC(C)CC2)=Nc2ccccc2O3)c1. The number of benzene rings is 3. The molecule has 1 fully saturated rings. The highest BCUT2D eigenvalue weighted by atomic mass is 16.5. The van der Waals surface area contributed by atoms with Crippen molar-refractivity contribution in [3.63, 3.8) is 0 Å². The molecule has 33 heavy (non-hydrogen) atoms. The first kappa shape index (κ1) is 21.1. The third-order valence-electron chi connectivity index (χ3n) is 6.20. The van der Waals surface area contributed by atoms with Crippen LogP contribution in [0.1, 0.15) is 35.7 Å². The predicted octanol–water partition coefficient (Wildman–Crippen LogP) is 5.86. The maximum Gasteiger partial charge on any atom is 0.255 e. The van der Waals surface area contributed by atoms with Crippen LogP contribution in [0.3, 0.4) is 0 Å². The second kappa shape index (κ2) is 8.98. The molecule has 2 aliphatic rings. The van der Waals surface area contributed by atoms with E-state index in [0.29, 0.717) is 22.9 Å². The zero-order valence-electron chi connectivity index (χ0n) is 18.9. The average Bonchev–Trinajstić information content (AvgIpc) is 3.01. The first-order valence-electron chi connectivity index (χ1n) is 11.3. The van der Waals surface area contributed by atoms with E-state index in [1.807, 2.05) is 48.5 Å². The van der Waals surface area contributed by atoms with Gasteiger partial charge in [0.1, 0.15) is 23.0 Å². The van der Waals surface area contributed by atoms with Crippen LogP contribution in [0.15, 0.2) is 71.7 Å². The topological polar surface area (TPSA) is 63.2 Å². The van der Waals surface area contributed by atoms with Crippen LogP contribution in [-0.4, -0.2) is 36.8 Å². The van der Waals surface area contributed by atoms with Crippen LogP contribution in [0.2, 0.25) is 0 Å². The largest absolute Gasteiger partial charge is 0.497 e. The molecule has 2 heterocycles. The molecule has 168 valence electrons. The number of para-hydroxylation sites is 2. The highest BCUT2D eigenvalue weighted by molar-refractivity contribution is 6.07. The molecule has 2 aliphatic heterocycles. The first-order valence-corrected chi connectivity index (χ1v) is 11.3. The normalized spacial score (nSPS) is 15.5. The van der Waals surface area contributed by atoms with Crippen LogP contribution in [-0.2, 0) is 0 Å². The van der Waals surface area contributed by atoms with Crippen LogP contribution in [0.4, 0.5) is 11.4 Å². The summed E-state index contributed by atoms with van der Waals surface area (Å²) in [4.78, 5) is 20.2. The lowest BCUT2D eigenvalue weighted by Gasteiger charge is -2.33. The minimum atomic E-state index is -0.197. The number of amidine groups is 1. The summed E-state index contributed by atoms with van der Waals surface area (Å²) in [5.41, 5.74) is 2.91. The van der Waals surface area contributed by atoms with E-state index in [1.54, 1.807) is 25.3 Å². The molecule has 0 bridgehead atoms. The molecule has 0 unspecified atom stereocenters. The summed E-state index contributed by atoms with van der Waals surface area (Å²) in [5.74, 6) is 3.51. The van der Waals surface area contributed by atoms with Crippen molar-refractivity contribution in [2.24, 2.45) is 10.9 Å². The molecule has 1 amide bonds. The second-order valence-electron chi connectivity index (χ2n) is 8.57. The maximum atomic E-state index is 12.9. The highest BCUT2D eigenvalue weighted by Gasteiger charge is 2.26. The summed E-state index contributed by atoms with van der Waals surface area (Å²) in [5, 5.41) is 3.01. The number of nitrogens with zero attached hydrogens (tertiary/aromatic N) is 2. The lowest BCUT2D eigenvalue weighted by Crippen LogP contribution is -2.38. The van der Waals surface area contributed by atoms with Crippen molar-refractivity contribution in [3.05, 3.63) is 77.9 Å². The fourth-order valence-electron chi connectivity index (χ4n) is 4.23. The van der Waals surface area contributed by atoms with Gasteiger partial charge < -0.3 is 19.7 Å². The summed E-state index contributed by atoms with van der Waals surface area (Å²) in [7, 11) is 1.59. The van der Waals surface area contributed by atoms with Gasteiger partial charge >= 0.3 is 0 Å². The molecule has 0 atom stereocenters. The number of aliphatic imine (C=N–C) groups is 1. The summed E-state index contributed by atoms with van der Waals surface area (Å²) in [6.07, 6.45) is 2.26. The molecule has 0 spiro atoms. The van der Waals surface area contributed by atoms with Gasteiger partial charge in [0.15, 0.2) is 5.75 Å². The van der Waals surface area contributed by atoms with E-state index in [2.05, 4.69) is 17.1 Å². The Kier molecular flexibility index (Phi) is 5.73. The number of carbonyl (C=O) groups is 1. The Hall–Kier alpha value is -3.80. The van der Waals surface area contributed by atoms with E-state index in [1.165, 1.54) is 0 Å². The number of hydrogen-bond acceptors (Lipinski definition) is 5. The Bertz CT molecular complexity index is 1210. The minimum absolute atomic E-state index is 0.197. The number of nitrogens with one attached hydrogen (secondary N) is 1. The lowest BCUT2D eigenvalue weighted by molar-refractivity contribution is 0.102. The lowest BCUT2D eigenvalue weighted by atomic mass is 9.98. The summed E-state index contributed by atoms with van der Waals surface area (Å²) < 4.78 is 11.5. The smallest absolute Gasteiger partial charge is 0.255 e. The molecular formula is C27H27N3O3. The fraction of sp³-hybridized carbons (Fsp3) is 0.259.